The first-order valence-corrected chi connectivity index (χ1v) is 6.84. The average molecular weight is 261 g/mol. The summed E-state index contributed by atoms with van der Waals surface area (Å²) in [6.07, 6.45) is 6.02. The van der Waals surface area contributed by atoms with Crippen molar-refractivity contribution in [3.05, 3.63) is 29.8 Å². The molecule has 0 bridgehead atoms. The van der Waals surface area contributed by atoms with E-state index in [0.29, 0.717) is 5.11 Å². The predicted molar refractivity (Wildman–Crippen MR) is 81.1 cm³/mol. The molecule has 0 saturated heterocycles. The molecule has 0 heterocycles. The van der Waals surface area contributed by atoms with Gasteiger partial charge < -0.3 is 5.32 Å². The van der Waals surface area contributed by atoms with E-state index in [1.54, 1.807) is 0 Å². The van der Waals surface area contributed by atoms with Crippen molar-refractivity contribution in [3.63, 3.8) is 0 Å². The number of hydrogen-bond acceptors (Lipinski definition) is 2. The summed E-state index contributed by atoms with van der Waals surface area (Å²) in [5.74, 6) is 0. The number of hydrazone groups is 1. The van der Waals surface area contributed by atoms with Gasteiger partial charge in [-0.1, -0.05) is 18.6 Å². The number of benzene rings is 1. The molecule has 0 aliphatic heterocycles. The molecule has 4 heteroatoms. The van der Waals surface area contributed by atoms with Gasteiger partial charge in [-0.25, -0.2) is 0 Å². The summed E-state index contributed by atoms with van der Waals surface area (Å²) in [7, 11) is 0. The molecule has 0 unspecified atom stereocenters. The van der Waals surface area contributed by atoms with E-state index in [1.807, 2.05) is 12.1 Å². The van der Waals surface area contributed by atoms with Crippen LogP contribution in [0.25, 0.3) is 0 Å². The quantitative estimate of drug-likeness (QED) is 0.631. The second-order valence-electron chi connectivity index (χ2n) is 4.67. The highest BCUT2D eigenvalue weighted by Gasteiger charge is 2.06. The molecule has 0 amide bonds. The number of thiocarbonyl (C=S) groups is 1. The minimum absolute atomic E-state index is 0.554. The SMILES string of the molecule is Cc1cccc(NC(=S)NN=C2CCCCC2)c1. The Morgan fingerprint density at radius 3 is 2.72 bits per heavy atom. The Morgan fingerprint density at radius 2 is 2.00 bits per heavy atom. The standard InChI is InChI=1S/C14H19N3S/c1-11-6-5-9-13(10-11)15-14(18)17-16-12-7-3-2-4-8-12/h5-6,9-10H,2-4,7-8H2,1H3,(H2,15,17,18). The summed E-state index contributed by atoms with van der Waals surface area (Å²) in [5, 5.41) is 8.05. The molecular weight excluding hydrogens is 242 g/mol. The molecule has 96 valence electrons. The van der Waals surface area contributed by atoms with Crippen molar-refractivity contribution in [1.82, 2.24) is 5.43 Å². The summed E-state index contributed by atoms with van der Waals surface area (Å²) < 4.78 is 0. The summed E-state index contributed by atoms with van der Waals surface area (Å²) in [4.78, 5) is 0. The van der Waals surface area contributed by atoms with Gasteiger partial charge in [-0.15, -0.1) is 0 Å². The Hall–Kier alpha value is -1.42. The molecule has 1 aliphatic rings. The number of aryl methyl sites for hydroxylation is 1. The van der Waals surface area contributed by atoms with E-state index < -0.39 is 0 Å². The number of nitrogens with zero attached hydrogens (tertiary/aromatic N) is 1. The zero-order chi connectivity index (χ0) is 12.8. The summed E-state index contributed by atoms with van der Waals surface area (Å²) >= 11 is 5.22. The molecule has 1 fully saturated rings. The van der Waals surface area contributed by atoms with Gasteiger partial charge in [0.05, 0.1) is 0 Å². The van der Waals surface area contributed by atoms with Crippen LogP contribution in [0.15, 0.2) is 29.4 Å². The minimum atomic E-state index is 0.554. The smallest absolute Gasteiger partial charge is 0.191 e. The predicted octanol–water partition coefficient (Wildman–Crippen LogP) is 3.60. The van der Waals surface area contributed by atoms with Crippen molar-refractivity contribution in [1.29, 1.82) is 0 Å². The maximum absolute atomic E-state index is 5.22. The van der Waals surface area contributed by atoms with Crippen molar-refractivity contribution in [2.24, 2.45) is 5.10 Å². The fraction of sp³-hybridized carbons (Fsp3) is 0.429. The van der Waals surface area contributed by atoms with Crippen molar-refractivity contribution in [3.8, 4) is 0 Å². The molecule has 0 radical (unpaired) electrons. The average Bonchev–Trinajstić information content (AvgIpc) is 2.38. The Labute approximate surface area is 114 Å². The molecular formula is C14H19N3S. The van der Waals surface area contributed by atoms with E-state index in [0.717, 1.165) is 18.5 Å². The second kappa shape index (κ2) is 6.50. The summed E-state index contributed by atoms with van der Waals surface area (Å²) in [6.45, 7) is 2.06. The van der Waals surface area contributed by atoms with Crippen LogP contribution in [-0.2, 0) is 0 Å². The molecule has 2 rings (SSSR count). The maximum atomic E-state index is 5.22. The molecule has 1 aromatic rings. The van der Waals surface area contributed by atoms with E-state index in [2.05, 4.69) is 34.9 Å². The van der Waals surface area contributed by atoms with E-state index in [-0.39, 0.29) is 0 Å². The molecule has 0 spiro atoms. The normalized spacial score (nSPS) is 15.1. The van der Waals surface area contributed by atoms with Gasteiger partial charge in [-0.05, 0) is 62.5 Å². The van der Waals surface area contributed by atoms with Gasteiger partial charge in [0.1, 0.15) is 0 Å². The lowest BCUT2D eigenvalue weighted by atomic mass is 9.99. The van der Waals surface area contributed by atoms with Crippen LogP contribution in [0.1, 0.15) is 37.7 Å². The van der Waals surface area contributed by atoms with Crippen LogP contribution in [0, 0.1) is 6.92 Å². The van der Waals surface area contributed by atoms with E-state index in [4.69, 9.17) is 12.2 Å². The molecule has 1 aliphatic carbocycles. The van der Waals surface area contributed by atoms with Crippen molar-refractivity contribution < 1.29 is 0 Å². The van der Waals surface area contributed by atoms with Crippen LogP contribution in [0.3, 0.4) is 0 Å². The van der Waals surface area contributed by atoms with Crippen molar-refractivity contribution >= 4 is 28.7 Å². The topological polar surface area (TPSA) is 36.4 Å². The fourth-order valence-electron chi connectivity index (χ4n) is 2.08. The third kappa shape index (κ3) is 4.11. The lowest BCUT2D eigenvalue weighted by Gasteiger charge is -2.13. The highest BCUT2D eigenvalue weighted by molar-refractivity contribution is 7.80. The number of rotatable bonds is 2. The molecule has 3 nitrogen and oxygen atoms in total. The largest absolute Gasteiger partial charge is 0.331 e. The number of nitrogens with one attached hydrogen (secondary N) is 2. The summed E-state index contributed by atoms with van der Waals surface area (Å²) in [5.41, 5.74) is 6.37. The third-order valence-corrected chi connectivity index (χ3v) is 3.22. The van der Waals surface area contributed by atoms with Crippen LogP contribution in [-0.4, -0.2) is 10.8 Å². The van der Waals surface area contributed by atoms with Crippen LogP contribution in [0.4, 0.5) is 5.69 Å². The Bertz CT molecular complexity index is 446. The third-order valence-electron chi connectivity index (χ3n) is 3.02. The van der Waals surface area contributed by atoms with E-state index in [1.165, 1.54) is 30.5 Å². The number of anilines is 1. The monoisotopic (exact) mass is 261 g/mol. The highest BCUT2D eigenvalue weighted by Crippen LogP contribution is 2.14. The zero-order valence-corrected chi connectivity index (χ0v) is 11.5. The Morgan fingerprint density at radius 1 is 1.22 bits per heavy atom. The van der Waals surface area contributed by atoms with E-state index in [9.17, 15) is 0 Å². The van der Waals surface area contributed by atoms with Crippen LogP contribution >= 0.6 is 12.2 Å². The lowest BCUT2D eigenvalue weighted by Crippen LogP contribution is -2.25. The molecule has 1 saturated carbocycles. The molecule has 18 heavy (non-hydrogen) atoms. The van der Waals surface area contributed by atoms with Crippen molar-refractivity contribution in [2.45, 2.75) is 39.0 Å². The van der Waals surface area contributed by atoms with Gasteiger partial charge in [0.2, 0.25) is 0 Å². The maximum Gasteiger partial charge on any atom is 0.191 e. The van der Waals surface area contributed by atoms with E-state index >= 15 is 0 Å². The summed E-state index contributed by atoms with van der Waals surface area (Å²) in [6, 6.07) is 8.12. The van der Waals surface area contributed by atoms with Crippen LogP contribution in [0.5, 0.6) is 0 Å². The van der Waals surface area contributed by atoms with Gasteiger partial charge in [0, 0.05) is 11.4 Å². The lowest BCUT2D eigenvalue weighted by molar-refractivity contribution is 0.661. The van der Waals surface area contributed by atoms with Gasteiger partial charge in [0.15, 0.2) is 5.11 Å². The fourth-order valence-corrected chi connectivity index (χ4v) is 2.25. The highest BCUT2D eigenvalue weighted by atomic mass is 32.1. The second-order valence-corrected chi connectivity index (χ2v) is 5.08. The Balaban J connectivity index is 1.85. The van der Waals surface area contributed by atoms with Crippen LogP contribution < -0.4 is 10.7 Å². The van der Waals surface area contributed by atoms with Crippen molar-refractivity contribution in [2.75, 3.05) is 5.32 Å². The first kappa shape index (κ1) is 13.0. The van der Waals surface area contributed by atoms with Gasteiger partial charge in [-0.2, -0.15) is 5.10 Å². The van der Waals surface area contributed by atoms with Crippen LogP contribution in [0.2, 0.25) is 0 Å². The number of hydrogen-bond donors (Lipinski definition) is 2. The van der Waals surface area contributed by atoms with Gasteiger partial charge in [0.25, 0.3) is 0 Å². The molecule has 2 N–H and O–H groups in total. The first-order valence-electron chi connectivity index (χ1n) is 6.43. The first-order chi connectivity index (χ1) is 8.74. The molecule has 0 atom stereocenters. The van der Waals surface area contributed by atoms with Gasteiger partial charge in [-0.3, -0.25) is 5.43 Å². The molecule has 0 aromatic heterocycles. The zero-order valence-electron chi connectivity index (χ0n) is 10.7. The Kier molecular flexibility index (Phi) is 4.70. The molecule has 1 aromatic carbocycles. The minimum Gasteiger partial charge on any atom is -0.331 e. The van der Waals surface area contributed by atoms with Gasteiger partial charge >= 0.3 is 0 Å².